The van der Waals surface area contributed by atoms with E-state index < -0.39 is 0 Å². The van der Waals surface area contributed by atoms with Crippen LogP contribution in [0.5, 0.6) is 28.7 Å². The topological polar surface area (TPSA) is 80.3 Å². The molecule has 8 heteroatoms. The van der Waals surface area contributed by atoms with Gasteiger partial charge in [-0.1, -0.05) is 12.7 Å². The molecule has 0 aromatic heterocycles. The molecule has 7 nitrogen and oxygen atoms in total. The van der Waals surface area contributed by atoms with E-state index in [1.807, 2.05) is 0 Å². The first-order valence-electron chi connectivity index (χ1n) is 9.37. The number of halogens is 1. The van der Waals surface area contributed by atoms with E-state index >= 15 is 0 Å². The quantitative estimate of drug-likeness (QED) is 0.219. The standard InChI is InChI=1S/C23H25IO7/c1-6-9-31-22-16(24)10-14(11-19(22)27-2)17(25)7-8-18(26)15-12-20(28-3)23(30-5)21(13-15)29-4/h6,10-13H,1,7-9H2,2-5H3. The van der Waals surface area contributed by atoms with Crippen LogP contribution >= 0.6 is 22.6 Å². The van der Waals surface area contributed by atoms with Crippen molar-refractivity contribution in [3.05, 3.63) is 51.6 Å². The van der Waals surface area contributed by atoms with Crippen molar-refractivity contribution in [1.29, 1.82) is 0 Å². The summed E-state index contributed by atoms with van der Waals surface area (Å²) in [4.78, 5) is 25.5. The maximum Gasteiger partial charge on any atom is 0.203 e. The lowest BCUT2D eigenvalue weighted by atomic mass is 10.0. The Bertz CT molecular complexity index is 944. The zero-order chi connectivity index (χ0) is 23.0. The normalized spacial score (nSPS) is 10.2. The van der Waals surface area contributed by atoms with E-state index in [1.165, 1.54) is 28.4 Å². The average molecular weight is 540 g/mol. The highest BCUT2D eigenvalue weighted by Crippen LogP contribution is 2.39. The summed E-state index contributed by atoms with van der Waals surface area (Å²) in [5, 5.41) is 0. The highest BCUT2D eigenvalue weighted by atomic mass is 127. The number of rotatable bonds is 12. The summed E-state index contributed by atoms with van der Waals surface area (Å²) in [7, 11) is 5.96. The molecule has 31 heavy (non-hydrogen) atoms. The van der Waals surface area contributed by atoms with Crippen molar-refractivity contribution in [2.75, 3.05) is 35.0 Å². The van der Waals surface area contributed by atoms with Gasteiger partial charge in [0.1, 0.15) is 6.61 Å². The van der Waals surface area contributed by atoms with Crippen molar-refractivity contribution < 1.29 is 33.3 Å². The third-order valence-electron chi connectivity index (χ3n) is 4.46. The molecule has 0 radical (unpaired) electrons. The fourth-order valence-electron chi connectivity index (χ4n) is 2.92. The SMILES string of the molecule is C=CCOc1c(I)cc(C(=O)CCC(=O)c2cc(OC)c(OC)c(OC)c2)cc1OC. The van der Waals surface area contributed by atoms with E-state index in [0.29, 0.717) is 46.5 Å². The van der Waals surface area contributed by atoms with Crippen LogP contribution in [0.3, 0.4) is 0 Å². The summed E-state index contributed by atoms with van der Waals surface area (Å²) in [6.07, 6.45) is 1.70. The number of Topliss-reactive ketones (excluding diaryl/α,β-unsaturated/α-hetero) is 2. The first-order chi connectivity index (χ1) is 14.9. The van der Waals surface area contributed by atoms with E-state index in [-0.39, 0.29) is 24.4 Å². The molecular formula is C23H25IO7. The fraction of sp³-hybridized carbons (Fsp3) is 0.304. The third-order valence-corrected chi connectivity index (χ3v) is 5.26. The Kier molecular flexibility index (Phi) is 9.17. The van der Waals surface area contributed by atoms with Gasteiger partial charge < -0.3 is 23.7 Å². The summed E-state index contributed by atoms with van der Waals surface area (Å²) in [6.45, 7) is 3.95. The number of benzene rings is 2. The van der Waals surface area contributed by atoms with Crippen LogP contribution in [-0.2, 0) is 0 Å². The molecule has 0 saturated carbocycles. The summed E-state index contributed by atoms with van der Waals surface area (Å²) >= 11 is 2.08. The monoisotopic (exact) mass is 540 g/mol. The molecule has 0 aliphatic rings. The van der Waals surface area contributed by atoms with Gasteiger partial charge in [-0.25, -0.2) is 0 Å². The number of hydrogen-bond donors (Lipinski definition) is 0. The molecule has 0 aliphatic heterocycles. The molecule has 0 saturated heterocycles. The molecule has 0 heterocycles. The lowest BCUT2D eigenvalue weighted by molar-refractivity contribution is 0.0917. The van der Waals surface area contributed by atoms with Crippen LogP contribution in [0, 0.1) is 3.57 Å². The maximum atomic E-state index is 12.7. The predicted molar refractivity (Wildman–Crippen MR) is 125 cm³/mol. The number of ketones is 2. The molecule has 0 atom stereocenters. The molecular weight excluding hydrogens is 515 g/mol. The second-order valence-corrected chi connectivity index (χ2v) is 7.51. The highest BCUT2D eigenvalue weighted by Gasteiger charge is 2.19. The minimum absolute atomic E-state index is 0.0328. The average Bonchev–Trinajstić information content (AvgIpc) is 2.79. The van der Waals surface area contributed by atoms with Crippen molar-refractivity contribution in [1.82, 2.24) is 0 Å². The van der Waals surface area contributed by atoms with Crippen LogP contribution < -0.4 is 23.7 Å². The van der Waals surface area contributed by atoms with Crippen LogP contribution in [-0.4, -0.2) is 46.6 Å². The van der Waals surface area contributed by atoms with Gasteiger partial charge >= 0.3 is 0 Å². The molecule has 0 bridgehead atoms. The molecule has 0 amide bonds. The van der Waals surface area contributed by atoms with Gasteiger partial charge in [-0.15, -0.1) is 0 Å². The van der Waals surface area contributed by atoms with Crippen LogP contribution in [0.25, 0.3) is 0 Å². The minimum Gasteiger partial charge on any atom is -0.493 e. The minimum atomic E-state index is -0.208. The van der Waals surface area contributed by atoms with E-state index in [9.17, 15) is 9.59 Å². The highest BCUT2D eigenvalue weighted by molar-refractivity contribution is 14.1. The van der Waals surface area contributed by atoms with Crippen molar-refractivity contribution >= 4 is 34.2 Å². The van der Waals surface area contributed by atoms with Gasteiger partial charge in [-0.05, 0) is 46.9 Å². The number of carbonyl (C=O) groups is 2. The Balaban J connectivity index is 2.18. The summed E-state index contributed by atoms with van der Waals surface area (Å²) < 4.78 is 27.5. The molecule has 2 aromatic rings. The van der Waals surface area contributed by atoms with Gasteiger partial charge in [0.2, 0.25) is 5.75 Å². The number of carbonyl (C=O) groups excluding carboxylic acids is 2. The third kappa shape index (κ3) is 5.90. The largest absolute Gasteiger partial charge is 0.493 e. The molecule has 0 N–H and O–H groups in total. The van der Waals surface area contributed by atoms with E-state index in [0.717, 1.165) is 3.57 Å². The molecule has 2 rings (SSSR count). The van der Waals surface area contributed by atoms with Gasteiger partial charge in [0.15, 0.2) is 34.6 Å². The molecule has 0 spiro atoms. The van der Waals surface area contributed by atoms with Gasteiger partial charge in [0.25, 0.3) is 0 Å². The molecule has 2 aromatic carbocycles. The first kappa shape index (κ1) is 24.5. The van der Waals surface area contributed by atoms with Crippen molar-refractivity contribution in [2.24, 2.45) is 0 Å². The van der Waals surface area contributed by atoms with Crippen LogP contribution in [0.15, 0.2) is 36.9 Å². The summed E-state index contributed by atoms with van der Waals surface area (Å²) in [5.74, 6) is 1.78. The van der Waals surface area contributed by atoms with Gasteiger partial charge in [-0.2, -0.15) is 0 Å². The van der Waals surface area contributed by atoms with Crippen molar-refractivity contribution in [3.8, 4) is 28.7 Å². The zero-order valence-corrected chi connectivity index (χ0v) is 20.1. The fourth-order valence-corrected chi connectivity index (χ4v) is 3.68. The number of hydrogen-bond acceptors (Lipinski definition) is 7. The lowest BCUT2D eigenvalue weighted by Gasteiger charge is -2.14. The van der Waals surface area contributed by atoms with Gasteiger partial charge in [0, 0.05) is 24.0 Å². The Labute approximate surface area is 195 Å². The molecule has 0 fully saturated rings. The van der Waals surface area contributed by atoms with E-state index in [1.54, 1.807) is 30.3 Å². The van der Waals surface area contributed by atoms with Crippen LogP contribution in [0.2, 0.25) is 0 Å². The number of methoxy groups -OCH3 is 4. The van der Waals surface area contributed by atoms with E-state index in [2.05, 4.69) is 29.2 Å². The van der Waals surface area contributed by atoms with E-state index in [4.69, 9.17) is 23.7 Å². The zero-order valence-electron chi connectivity index (χ0n) is 18.0. The Morgan fingerprint density at radius 2 is 1.26 bits per heavy atom. The summed E-state index contributed by atoms with van der Waals surface area (Å²) in [6, 6.07) is 6.48. The lowest BCUT2D eigenvalue weighted by Crippen LogP contribution is -2.08. The van der Waals surface area contributed by atoms with Gasteiger partial charge in [-0.3, -0.25) is 9.59 Å². The maximum absolute atomic E-state index is 12.7. The molecule has 0 aliphatic carbocycles. The Morgan fingerprint density at radius 3 is 1.68 bits per heavy atom. The predicted octanol–water partition coefficient (Wildman–Crippen LogP) is 4.74. The van der Waals surface area contributed by atoms with Gasteiger partial charge in [0.05, 0.1) is 32.0 Å². The molecule has 0 unspecified atom stereocenters. The first-order valence-corrected chi connectivity index (χ1v) is 10.5. The molecule has 166 valence electrons. The van der Waals surface area contributed by atoms with Crippen molar-refractivity contribution in [2.45, 2.75) is 12.8 Å². The summed E-state index contributed by atoms with van der Waals surface area (Å²) in [5.41, 5.74) is 0.826. The smallest absolute Gasteiger partial charge is 0.203 e. The Hall–Kier alpha value is -2.75. The van der Waals surface area contributed by atoms with Crippen LogP contribution in [0.1, 0.15) is 33.6 Å². The van der Waals surface area contributed by atoms with Crippen LogP contribution in [0.4, 0.5) is 0 Å². The Morgan fingerprint density at radius 1 is 0.806 bits per heavy atom. The van der Waals surface area contributed by atoms with Crippen molar-refractivity contribution in [3.63, 3.8) is 0 Å². The number of ether oxygens (including phenoxy) is 5. The second kappa shape index (κ2) is 11.6. The second-order valence-electron chi connectivity index (χ2n) is 6.35.